The van der Waals surface area contributed by atoms with Crippen molar-refractivity contribution in [3.8, 4) is 0 Å². The molecule has 1 heterocycles. The van der Waals surface area contributed by atoms with E-state index in [1.807, 2.05) is 0 Å². The summed E-state index contributed by atoms with van der Waals surface area (Å²) in [6.45, 7) is 1.26. The molecule has 8 nitrogen and oxygen atoms in total. The fraction of sp³-hybridized carbons (Fsp3) is 0.667. The summed E-state index contributed by atoms with van der Waals surface area (Å²) in [5.41, 5.74) is -2.34. The molecule has 1 aliphatic rings. The number of carbonyl (C=O) groups is 3. The number of nitrogens with zero attached hydrogens (tertiary/aromatic N) is 1. The number of carbonyl (C=O) groups excluding carboxylic acids is 1. The van der Waals surface area contributed by atoms with Crippen LogP contribution in [0, 0.1) is 5.92 Å². The van der Waals surface area contributed by atoms with Gasteiger partial charge in [0.1, 0.15) is 0 Å². The number of hydrogen-bond acceptors (Lipinski definition) is 5. The summed E-state index contributed by atoms with van der Waals surface area (Å²) in [6, 6.07) is 0. The number of carboxylic acids is 2. The minimum absolute atomic E-state index is 0. The fourth-order valence-electron chi connectivity index (χ4n) is 1.65. The molecule has 0 aliphatic carbocycles. The molecule has 1 atom stereocenters. The third kappa shape index (κ3) is 2.39. The molecule has 1 unspecified atom stereocenters. The van der Waals surface area contributed by atoms with Gasteiger partial charge in [-0.3, -0.25) is 9.63 Å². The molecule has 0 radical (unpaired) electrons. The first-order chi connectivity index (χ1) is 7.90. The molecule has 0 aromatic heterocycles. The second-order valence-electron chi connectivity index (χ2n) is 3.56. The van der Waals surface area contributed by atoms with E-state index in [0.29, 0.717) is 5.06 Å². The molecule has 0 bridgehead atoms. The number of rotatable bonds is 6. The van der Waals surface area contributed by atoms with E-state index in [1.165, 1.54) is 14.0 Å². The van der Waals surface area contributed by atoms with Crippen LogP contribution in [0.15, 0.2) is 0 Å². The quantitative estimate of drug-likeness (QED) is 0.256. The molecule has 0 saturated carbocycles. The Hall–Kier alpha value is -0.670. The maximum absolute atomic E-state index is 11.4. The molecule has 1 fully saturated rings. The molecule has 1 rings (SSSR count). The third-order valence-corrected chi connectivity index (χ3v) is 2.68. The summed E-state index contributed by atoms with van der Waals surface area (Å²) >= 11 is 0. The van der Waals surface area contributed by atoms with E-state index < -0.39 is 29.3 Å². The van der Waals surface area contributed by atoms with E-state index in [0.717, 1.165) is 0 Å². The molecule has 9 heteroatoms. The standard InChI is InChI=1S/C9H13NO7.Na.H/c1-5-6(11)10(17-4-3-16-2)9(5,7(12)13)8(14)15;;/h5H,3-4H2,1-2H3,(H,12,13)(H,14,15);;. The van der Waals surface area contributed by atoms with Crippen LogP contribution >= 0.6 is 0 Å². The summed E-state index contributed by atoms with van der Waals surface area (Å²) < 4.78 is 4.65. The predicted octanol–water partition coefficient (Wildman–Crippen LogP) is -1.70. The van der Waals surface area contributed by atoms with Crippen molar-refractivity contribution in [2.24, 2.45) is 5.92 Å². The summed E-state index contributed by atoms with van der Waals surface area (Å²) in [7, 11) is 1.39. The number of carboxylic acid groups (broad SMARTS) is 2. The normalized spacial score (nSPS) is 20.9. The van der Waals surface area contributed by atoms with Crippen LogP contribution in [0.25, 0.3) is 0 Å². The number of aliphatic carboxylic acids is 2. The van der Waals surface area contributed by atoms with Crippen LogP contribution in [0.2, 0.25) is 0 Å². The van der Waals surface area contributed by atoms with E-state index in [2.05, 4.69) is 4.74 Å². The molecule has 0 spiro atoms. The monoisotopic (exact) mass is 271 g/mol. The van der Waals surface area contributed by atoms with Crippen LogP contribution in [-0.4, -0.2) is 88.5 Å². The van der Waals surface area contributed by atoms with Crippen LogP contribution in [0.1, 0.15) is 6.92 Å². The van der Waals surface area contributed by atoms with Gasteiger partial charge in [-0.15, -0.1) is 0 Å². The molecule has 0 aromatic rings. The second-order valence-corrected chi connectivity index (χ2v) is 3.56. The molecule has 2 N–H and O–H groups in total. The first kappa shape index (κ1) is 17.3. The van der Waals surface area contributed by atoms with Crippen LogP contribution < -0.4 is 0 Å². The zero-order valence-corrected chi connectivity index (χ0v) is 9.37. The SMILES string of the molecule is COCCON1C(=O)C(C)C1(C(=O)O)C(=O)O.[NaH]. The van der Waals surface area contributed by atoms with Gasteiger partial charge in [0.05, 0.1) is 19.1 Å². The Morgan fingerprint density at radius 1 is 1.33 bits per heavy atom. The maximum atomic E-state index is 11.4. The predicted molar refractivity (Wildman–Crippen MR) is 59.0 cm³/mol. The number of methoxy groups -OCH3 is 1. The first-order valence-corrected chi connectivity index (χ1v) is 4.83. The summed E-state index contributed by atoms with van der Waals surface area (Å²) in [6.07, 6.45) is 0. The Bertz CT molecular complexity index is 345. The number of hydroxylamine groups is 2. The van der Waals surface area contributed by atoms with E-state index in [4.69, 9.17) is 15.1 Å². The van der Waals surface area contributed by atoms with Gasteiger partial charge in [-0.2, -0.15) is 5.06 Å². The summed E-state index contributed by atoms with van der Waals surface area (Å²) in [5, 5.41) is 18.4. The van der Waals surface area contributed by atoms with Gasteiger partial charge in [-0.1, -0.05) is 0 Å². The van der Waals surface area contributed by atoms with Crippen molar-refractivity contribution >= 4 is 47.4 Å². The van der Waals surface area contributed by atoms with Crippen LogP contribution in [0.4, 0.5) is 0 Å². The molecular formula is C9H14NNaO7. The second kappa shape index (κ2) is 6.48. The Labute approximate surface area is 125 Å². The van der Waals surface area contributed by atoms with Gasteiger partial charge in [0, 0.05) is 7.11 Å². The summed E-state index contributed by atoms with van der Waals surface area (Å²) in [5.74, 6) is -5.10. The Morgan fingerprint density at radius 2 is 1.83 bits per heavy atom. The average molecular weight is 271 g/mol. The number of ether oxygens (including phenoxy) is 1. The van der Waals surface area contributed by atoms with E-state index in [9.17, 15) is 14.4 Å². The van der Waals surface area contributed by atoms with Crippen molar-refractivity contribution in [3.05, 3.63) is 0 Å². The van der Waals surface area contributed by atoms with Gasteiger partial charge in [0.25, 0.3) is 11.4 Å². The number of β-lactam (4-membered cyclic amide) rings is 1. The van der Waals surface area contributed by atoms with Gasteiger partial charge in [0.15, 0.2) is 0 Å². The van der Waals surface area contributed by atoms with Crippen LogP contribution in [-0.2, 0) is 24.0 Å². The van der Waals surface area contributed by atoms with Gasteiger partial charge in [0.2, 0.25) is 0 Å². The summed E-state index contributed by atoms with van der Waals surface area (Å²) in [4.78, 5) is 38.4. The first-order valence-electron chi connectivity index (χ1n) is 4.83. The van der Waals surface area contributed by atoms with E-state index in [-0.39, 0.29) is 42.8 Å². The molecule has 1 saturated heterocycles. The van der Waals surface area contributed by atoms with Gasteiger partial charge < -0.3 is 14.9 Å². The van der Waals surface area contributed by atoms with Crippen molar-refractivity contribution in [2.45, 2.75) is 12.5 Å². The minimum atomic E-state index is -2.34. The van der Waals surface area contributed by atoms with Crippen molar-refractivity contribution in [1.29, 1.82) is 0 Å². The van der Waals surface area contributed by atoms with Crippen LogP contribution in [0.5, 0.6) is 0 Å². The van der Waals surface area contributed by atoms with Gasteiger partial charge in [-0.05, 0) is 6.92 Å². The average Bonchev–Trinajstić information content (AvgIpc) is 2.26. The molecule has 1 amide bonds. The van der Waals surface area contributed by atoms with Crippen LogP contribution in [0.3, 0.4) is 0 Å². The van der Waals surface area contributed by atoms with Gasteiger partial charge >= 0.3 is 41.5 Å². The number of hydrogen-bond donors (Lipinski definition) is 2. The van der Waals surface area contributed by atoms with Crippen molar-refractivity contribution in [2.75, 3.05) is 20.3 Å². The molecule has 0 aromatic carbocycles. The topological polar surface area (TPSA) is 113 Å². The molecular weight excluding hydrogens is 257 g/mol. The van der Waals surface area contributed by atoms with E-state index in [1.54, 1.807) is 0 Å². The van der Waals surface area contributed by atoms with Crippen molar-refractivity contribution < 1.29 is 34.2 Å². The molecule has 98 valence electrons. The Kier molecular flexibility index (Phi) is 6.24. The molecule has 1 aliphatic heterocycles. The molecule has 18 heavy (non-hydrogen) atoms. The Morgan fingerprint density at radius 3 is 2.22 bits per heavy atom. The van der Waals surface area contributed by atoms with Gasteiger partial charge in [-0.25, -0.2) is 9.59 Å². The fourth-order valence-corrected chi connectivity index (χ4v) is 1.65. The third-order valence-electron chi connectivity index (χ3n) is 2.68. The van der Waals surface area contributed by atoms with Crippen molar-refractivity contribution in [3.63, 3.8) is 0 Å². The Balaban J connectivity index is 0.00000289. The zero-order valence-electron chi connectivity index (χ0n) is 9.37. The van der Waals surface area contributed by atoms with Crippen molar-refractivity contribution in [1.82, 2.24) is 5.06 Å². The van der Waals surface area contributed by atoms with E-state index >= 15 is 0 Å². The zero-order chi connectivity index (χ0) is 13.2. The number of amides is 1.